The fourth-order valence-electron chi connectivity index (χ4n) is 6.60. The first-order chi connectivity index (χ1) is 26.2. The summed E-state index contributed by atoms with van der Waals surface area (Å²) in [7, 11) is 3.11. The second-order valence-corrected chi connectivity index (χ2v) is 14.0. The highest BCUT2D eigenvalue weighted by Gasteiger charge is 2.21. The van der Waals surface area contributed by atoms with Crippen LogP contribution >= 0.6 is 23.2 Å². The molecule has 0 saturated carbocycles. The molecule has 0 aliphatic carbocycles. The number of ether oxygens (including phenoxy) is 2. The molecule has 0 spiro atoms. The minimum atomic E-state index is -0.120. The molecule has 0 aliphatic rings. The zero-order valence-corrected chi connectivity index (χ0v) is 33.4. The van der Waals surface area contributed by atoms with Crippen LogP contribution in [-0.4, -0.2) is 60.1 Å². The number of carbonyl (C=O) groups is 4. The van der Waals surface area contributed by atoms with Crippen LogP contribution in [0, 0.1) is 20.8 Å². The first kappa shape index (κ1) is 40.6. The molecular weight excluding hydrogens is 739 g/mol. The molecule has 2 aromatic heterocycles. The highest BCUT2D eigenvalue weighted by molar-refractivity contribution is 6.33. The van der Waals surface area contributed by atoms with Crippen molar-refractivity contribution in [3.05, 3.63) is 128 Å². The van der Waals surface area contributed by atoms with Gasteiger partial charge >= 0.3 is 0 Å². The highest BCUT2D eigenvalue weighted by atomic mass is 35.5. The van der Waals surface area contributed by atoms with E-state index in [9.17, 15) is 19.2 Å². The first-order valence-corrected chi connectivity index (χ1v) is 18.5. The Bertz CT molecular complexity index is 2410. The number of aromatic nitrogens is 2. The highest BCUT2D eigenvalue weighted by Crippen LogP contribution is 2.35. The SMILES string of the molecule is COc1cc2c(CCNC(C)=O)cn(C(=O)c3c(C)cccc3C)c2cc1Cl.COc1cc2c(CCNC(C)=O)cn(C(=O)c3ccccc3C)c2cc1Cl. The van der Waals surface area contributed by atoms with Gasteiger partial charge in [-0.1, -0.05) is 59.6 Å². The van der Waals surface area contributed by atoms with Crippen LogP contribution in [0.25, 0.3) is 21.8 Å². The molecule has 0 saturated heterocycles. The number of fused-ring (bicyclic) bond motifs is 2. The largest absolute Gasteiger partial charge is 0.495 e. The maximum atomic E-state index is 13.4. The fourth-order valence-corrected chi connectivity index (χ4v) is 7.07. The predicted molar refractivity (Wildman–Crippen MR) is 218 cm³/mol. The zero-order chi connectivity index (χ0) is 40.0. The van der Waals surface area contributed by atoms with E-state index in [0.29, 0.717) is 64.1 Å². The summed E-state index contributed by atoms with van der Waals surface area (Å²) in [6.45, 7) is 9.70. The summed E-state index contributed by atoms with van der Waals surface area (Å²) >= 11 is 12.6. The fraction of sp³-hybridized carbons (Fsp3) is 0.256. The lowest BCUT2D eigenvalue weighted by atomic mass is 10.0. The molecule has 0 radical (unpaired) electrons. The number of amides is 2. The van der Waals surface area contributed by atoms with Crippen LogP contribution in [0.4, 0.5) is 0 Å². The summed E-state index contributed by atoms with van der Waals surface area (Å²) in [5, 5.41) is 8.23. The Balaban J connectivity index is 0.000000211. The van der Waals surface area contributed by atoms with Crippen LogP contribution in [0.15, 0.2) is 79.1 Å². The molecule has 0 bridgehead atoms. The topological polar surface area (TPSA) is 121 Å². The summed E-state index contributed by atoms with van der Waals surface area (Å²) in [4.78, 5) is 48.9. The van der Waals surface area contributed by atoms with Crippen molar-refractivity contribution in [3.63, 3.8) is 0 Å². The van der Waals surface area contributed by atoms with Crippen molar-refractivity contribution in [2.75, 3.05) is 27.3 Å². The lowest BCUT2D eigenvalue weighted by Gasteiger charge is -2.11. The van der Waals surface area contributed by atoms with Gasteiger partial charge in [-0.25, -0.2) is 0 Å². The Hall–Kier alpha value is -5.58. The van der Waals surface area contributed by atoms with Crippen molar-refractivity contribution in [1.29, 1.82) is 0 Å². The van der Waals surface area contributed by atoms with Crippen LogP contribution in [-0.2, 0) is 22.4 Å². The van der Waals surface area contributed by atoms with Gasteiger partial charge in [0.2, 0.25) is 11.8 Å². The van der Waals surface area contributed by atoms with Crippen LogP contribution in [0.2, 0.25) is 10.0 Å². The van der Waals surface area contributed by atoms with Gasteiger partial charge in [-0.2, -0.15) is 0 Å². The molecule has 0 atom stereocenters. The van der Waals surface area contributed by atoms with Gasteiger partial charge in [-0.3, -0.25) is 28.3 Å². The molecule has 6 rings (SSSR count). The number of nitrogens with one attached hydrogen (secondary N) is 2. The molecule has 2 heterocycles. The normalized spacial score (nSPS) is 10.9. The van der Waals surface area contributed by atoms with Crippen LogP contribution < -0.4 is 20.1 Å². The van der Waals surface area contributed by atoms with Gasteiger partial charge in [0, 0.05) is 61.2 Å². The quantitative estimate of drug-likeness (QED) is 0.144. The number of hydrogen-bond donors (Lipinski definition) is 2. The molecule has 4 aromatic carbocycles. The first-order valence-electron chi connectivity index (χ1n) is 17.7. The van der Waals surface area contributed by atoms with E-state index in [1.54, 1.807) is 35.5 Å². The van der Waals surface area contributed by atoms with Crippen LogP contribution in [0.5, 0.6) is 11.5 Å². The van der Waals surface area contributed by atoms with E-state index < -0.39 is 0 Å². The summed E-state index contributed by atoms with van der Waals surface area (Å²) in [6.07, 6.45) is 4.83. The van der Waals surface area contributed by atoms with E-state index >= 15 is 0 Å². The van der Waals surface area contributed by atoms with Crippen molar-refractivity contribution >= 4 is 68.6 Å². The Morgan fingerprint density at radius 1 is 0.618 bits per heavy atom. The maximum absolute atomic E-state index is 13.4. The molecule has 12 heteroatoms. The Morgan fingerprint density at radius 2 is 1.05 bits per heavy atom. The van der Waals surface area contributed by atoms with Crippen molar-refractivity contribution in [1.82, 2.24) is 19.8 Å². The van der Waals surface area contributed by atoms with E-state index in [1.807, 2.05) is 87.8 Å². The number of benzene rings is 4. The molecular formula is C43H44Cl2N4O6. The van der Waals surface area contributed by atoms with Crippen molar-refractivity contribution < 1.29 is 28.7 Å². The number of methoxy groups -OCH3 is 2. The minimum Gasteiger partial charge on any atom is -0.495 e. The average molecular weight is 784 g/mol. The van der Waals surface area contributed by atoms with E-state index in [-0.39, 0.29) is 23.6 Å². The molecule has 0 fully saturated rings. The second-order valence-electron chi connectivity index (χ2n) is 13.2. The number of aryl methyl sites for hydroxylation is 3. The summed E-state index contributed by atoms with van der Waals surface area (Å²) in [5.41, 5.74) is 7.38. The molecule has 286 valence electrons. The number of nitrogens with zero attached hydrogens (tertiary/aromatic N) is 2. The summed E-state index contributed by atoms with van der Waals surface area (Å²) in [5.74, 6) is 0.697. The van der Waals surface area contributed by atoms with Crippen molar-refractivity contribution in [2.45, 2.75) is 47.5 Å². The van der Waals surface area contributed by atoms with E-state index in [1.165, 1.54) is 13.8 Å². The van der Waals surface area contributed by atoms with Gasteiger partial charge in [0.25, 0.3) is 11.8 Å². The molecule has 2 amide bonds. The monoisotopic (exact) mass is 782 g/mol. The lowest BCUT2D eigenvalue weighted by molar-refractivity contribution is -0.119. The Kier molecular flexibility index (Phi) is 13.1. The molecule has 55 heavy (non-hydrogen) atoms. The number of carbonyl (C=O) groups excluding carboxylic acids is 4. The maximum Gasteiger partial charge on any atom is 0.262 e. The van der Waals surface area contributed by atoms with Gasteiger partial charge in [0.05, 0.1) is 35.3 Å². The Labute approximate surface area is 330 Å². The minimum absolute atomic E-state index is 0.0871. The third kappa shape index (κ3) is 9.04. The molecule has 10 nitrogen and oxygen atoms in total. The average Bonchev–Trinajstić information content (AvgIpc) is 3.67. The van der Waals surface area contributed by atoms with E-state index in [2.05, 4.69) is 10.6 Å². The standard InChI is InChI=1S/C22H23ClN2O3.C21H21ClN2O3/c1-13-6-5-7-14(2)21(13)22(27)25-12-16(8-9-24-15(3)26)17-10-20(28-4)18(23)11-19(17)25;1-13-6-4-5-7-16(13)21(26)24-12-15(8-9-23-14(2)25)17-10-20(27-3)18(22)11-19(17)24/h5-7,10-12H,8-9H2,1-4H3,(H,24,26);4-7,10-12H,8-9H2,1-3H3,(H,23,25). The number of halogens is 2. The van der Waals surface area contributed by atoms with Gasteiger partial charge in [-0.05, 0) is 91.8 Å². The zero-order valence-electron chi connectivity index (χ0n) is 31.9. The smallest absolute Gasteiger partial charge is 0.262 e. The molecule has 0 unspecified atom stereocenters. The third-order valence-corrected chi connectivity index (χ3v) is 9.96. The molecule has 6 aromatic rings. The van der Waals surface area contributed by atoms with E-state index in [0.717, 1.165) is 44.1 Å². The third-order valence-electron chi connectivity index (χ3n) is 9.37. The number of rotatable bonds is 10. The van der Waals surface area contributed by atoms with Gasteiger partial charge in [-0.15, -0.1) is 0 Å². The predicted octanol–water partition coefficient (Wildman–Crippen LogP) is 8.27. The summed E-state index contributed by atoms with van der Waals surface area (Å²) < 4.78 is 13.9. The lowest BCUT2D eigenvalue weighted by Crippen LogP contribution is -2.22. The van der Waals surface area contributed by atoms with Crippen LogP contribution in [0.3, 0.4) is 0 Å². The molecule has 0 aliphatic heterocycles. The Morgan fingerprint density at radius 3 is 1.49 bits per heavy atom. The van der Waals surface area contributed by atoms with Gasteiger partial charge < -0.3 is 20.1 Å². The number of hydrogen-bond acceptors (Lipinski definition) is 6. The second kappa shape index (κ2) is 17.7. The van der Waals surface area contributed by atoms with E-state index in [4.69, 9.17) is 32.7 Å². The summed E-state index contributed by atoms with van der Waals surface area (Å²) in [6, 6.07) is 20.4. The van der Waals surface area contributed by atoms with Crippen LogP contribution in [0.1, 0.15) is 62.4 Å². The van der Waals surface area contributed by atoms with Crippen molar-refractivity contribution in [2.24, 2.45) is 0 Å². The van der Waals surface area contributed by atoms with Crippen molar-refractivity contribution in [3.8, 4) is 11.5 Å². The molecule has 2 N–H and O–H groups in total. The van der Waals surface area contributed by atoms with Gasteiger partial charge in [0.15, 0.2) is 0 Å². The van der Waals surface area contributed by atoms with Gasteiger partial charge in [0.1, 0.15) is 11.5 Å².